The lowest BCUT2D eigenvalue weighted by Gasteiger charge is -2.14. The van der Waals surface area contributed by atoms with E-state index in [1.807, 2.05) is 4.68 Å². The minimum absolute atomic E-state index is 0.424. The van der Waals surface area contributed by atoms with Gasteiger partial charge in [-0.3, -0.25) is 4.79 Å². The van der Waals surface area contributed by atoms with E-state index in [0.717, 1.165) is 44.5 Å². The van der Waals surface area contributed by atoms with Gasteiger partial charge in [0.05, 0.1) is 0 Å². The van der Waals surface area contributed by atoms with Gasteiger partial charge < -0.3 is 0 Å². The molecule has 0 spiro atoms. The van der Waals surface area contributed by atoms with Crippen LogP contribution in [0.15, 0.2) is 6.33 Å². The summed E-state index contributed by atoms with van der Waals surface area (Å²) < 4.78 is 2.00. The molecule has 18 heavy (non-hydrogen) atoms. The summed E-state index contributed by atoms with van der Waals surface area (Å²) in [4.78, 5) is 16.0. The van der Waals surface area contributed by atoms with Gasteiger partial charge in [0.15, 0.2) is 0 Å². The zero-order valence-corrected chi connectivity index (χ0v) is 11.4. The van der Waals surface area contributed by atoms with E-state index < -0.39 is 0 Å². The van der Waals surface area contributed by atoms with Gasteiger partial charge in [-0.1, -0.05) is 20.3 Å². The fourth-order valence-electron chi connectivity index (χ4n) is 2.66. The summed E-state index contributed by atoms with van der Waals surface area (Å²) in [5.74, 6) is 2.51. The largest absolute Gasteiger partial charge is 0.300 e. The lowest BCUT2D eigenvalue weighted by molar-refractivity contribution is -0.119. The molecule has 1 heterocycles. The van der Waals surface area contributed by atoms with Crippen LogP contribution >= 0.6 is 0 Å². The van der Waals surface area contributed by atoms with Crippen LogP contribution in [0.4, 0.5) is 0 Å². The molecule has 0 aliphatic heterocycles. The normalized spacial score (nSPS) is 21.3. The third-order valence-electron chi connectivity index (χ3n) is 3.54. The molecule has 4 nitrogen and oxygen atoms in total. The topological polar surface area (TPSA) is 47.8 Å². The molecule has 2 rings (SSSR count). The molecule has 100 valence electrons. The van der Waals surface area contributed by atoms with Crippen LogP contribution in [-0.4, -0.2) is 20.5 Å². The predicted molar refractivity (Wildman–Crippen MR) is 70.1 cm³/mol. The van der Waals surface area contributed by atoms with Gasteiger partial charge >= 0.3 is 0 Å². The van der Waals surface area contributed by atoms with E-state index in [1.165, 1.54) is 6.42 Å². The van der Waals surface area contributed by atoms with E-state index in [0.29, 0.717) is 17.6 Å². The molecule has 1 unspecified atom stereocenters. The Hall–Kier alpha value is -1.19. The summed E-state index contributed by atoms with van der Waals surface area (Å²) >= 11 is 0. The summed E-state index contributed by atoms with van der Waals surface area (Å²) in [6.45, 7) is 5.28. The number of Topliss-reactive ketones (excluding diaryl/α,β-unsaturated/α-hetero) is 1. The highest BCUT2D eigenvalue weighted by atomic mass is 16.1. The SMILES string of the molecule is CC(C)Cn1ncnc1CC1CCCCC(=O)C1. The fourth-order valence-corrected chi connectivity index (χ4v) is 2.66. The highest BCUT2D eigenvalue weighted by Crippen LogP contribution is 2.23. The molecule has 0 saturated heterocycles. The van der Waals surface area contributed by atoms with Crippen LogP contribution in [0.25, 0.3) is 0 Å². The summed E-state index contributed by atoms with van der Waals surface area (Å²) in [6, 6.07) is 0. The monoisotopic (exact) mass is 249 g/mol. The minimum Gasteiger partial charge on any atom is -0.300 e. The van der Waals surface area contributed by atoms with E-state index in [2.05, 4.69) is 23.9 Å². The quantitative estimate of drug-likeness (QED) is 0.771. The van der Waals surface area contributed by atoms with Crippen molar-refractivity contribution in [2.45, 2.75) is 58.9 Å². The van der Waals surface area contributed by atoms with Gasteiger partial charge in [0.1, 0.15) is 17.9 Å². The molecule has 1 atom stereocenters. The minimum atomic E-state index is 0.424. The Morgan fingerprint density at radius 2 is 2.28 bits per heavy atom. The number of hydrogen-bond acceptors (Lipinski definition) is 3. The van der Waals surface area contributed by atoms with Crippen molar-refractivity contribution in [3.05, 3.63) is 12.2 Å². The fraction of sp³-hybridized carbons (Fsp3) is 0.786. The number of hydrogen-bond donors (Lipinski definition) is 0. The first-order valence-corrected chi connectivity index (χ1v) is 7.03. The smallest absolute Gasteiger partial charge is 0.138 e. The second kappa shape index (κ2) is 6.12. The Balaban J connectivity index is 1.99. The van der Waals surface area contributed by atoms with Gasteiger partial charge in [0.25, 0.3) is 0 Å². The van der Waals surface area contributed by atoms with Gasteiger partial charge in [-0.05, 0) is 24.7 Å². The van der Waals surface area contributed by atoms with Crippen molar-refractivity contribution < 1.29 is 4.79 Å². The average Bonchev–Trinajstić information content (AvgIpc) is 2.59. The predicted octanol–water partition coefficient (Wildman–Crippen LogP) is 2.63. The van der Waals surface area contributed by atoms with Gasteiger partial charge in [0, 0.05) is 25.8 Å². The van der Waals surface area contributed by atoms with Crippen LogP contribution < -0.4 is 0 Å². The summed E-state index contributed by atoms with van der Waals surface area (Å²) in [7, 11) is 0. The van der Waals surface area contributed by atoms with Crippen LogP contribution in [-0.2, 0) is 17.8 Å². The zero-order valence-electron chi connectivity index (χ0n) is 11.4. The first-order valence-electron chi connectivity index (χ1n) is 7.03. The molecule has 1 aliphatic rings. The van der Waals surface area contributed by atoms with Crippen molar-refractivity contribution in [2.24, 2.45) is 11.8 Å². The van der Waals surface area contributed by atoms with Crippen LogP contribution in [0, 0.1) is 11.8 Å². The highest BCUT2D eigenvalue weighted by molar-refractivity contribution is 5.78. The number of rotatable bonds is 4. The molecule has 1 aliphatic carbocycles. The highest BCUT2D eigenvalue weighted by Gasteiger charge is 2.20. The van der Waals surface area contributed by atoms with E-state index in [4.69, 9.17) is 0 Å². The second-order valence-electron chi connectivity index (χ2n) is 5.81. The molecule has 0 aromatic carbocycles. The Labute approximate surface area is 109 Å². The molecule has 0 N–H and O–H groups in total. The zero-order chi connectivity index (χ0) is 13.0. The summed E-state index contributed by atoms with van der Waals surface area (Å²) in [5.41, 5.74) is 0. The molecule has 1 saturated carbocycles. The summed E-state index contributed by atoms with van der Waals surface area (Å²) in [5, 5.41) is 4.28. The van der Waals surface area contributed by atoms with Crippen LogP contribution in [0.3, 0.4) is 0 Å². The van der Waals surface area contributed by atoms with Crippen molar-refractivity contribution >= 4 is 5.78 Å². The van der Waals surface area contributed by atoms with E-state index in [1.54, 1.807) is 6.33 Å². The van der Waals surface area contributed by atoms with Gasteiger partial charge in [-0.2, -0.15) is 5.10 Å². The van der Waals surface area contributed by atoms with Crippen molar-refractivity contribution in [1.29, 1.82) is 0 Å². The van der Waals surface area contributed by atoms with Crippen LogP contribution in [0.2, 0.25) is 0 Å². The van der Waals surface area contributed by atoms with Crippen molar-refractivity contribution in [1.82, 2.24) is 14.8 Å². The van der Waals surface area contributed by atoms with Crippen LogP contribution in [0.1, 0.15) is 51.8 Å². The Kier molecular flexibility index (Phi) is 4.50. The molecular formula is C14H23N3O. The molecular weight excluding hydrogens is 226 g/mol. The van der Waals surface area contributed by atoms with Gasteiger partial charge in [0.2, 0.25) is 0 Å². The number of carbonyl (C=O) groups excluding carboxylic acids is 1. The molecule has 0 bridgehead atoms. The Bertz CT molecular complexity index is 397. The molecule has 0 amide bonds. The number of nitrogens with zero attached hydrogens (tertiary/aromatic N) is 3. The first kappa shape index (κ1) is 13.2. The van der Waals surface area contributed by atoms with E-state index in [9.17, 15) is 4.79 Å². The number of ketones is 1. The number of carbonyl (C=O) groups is 1. The molecule has 1 fully saturated rings. The third kappa shape index (κ3) is 3.65. The van der Waals surface area contributed by atoms with Gasteiger partial charge in [-0.15, -0.1) is 0 Å². The Morgan fingerprint density at radius 1 is 1.44 bits per heavy atom. The maximum absolute atomic E-state index is 11.6. The standard InChI is InChI=1S/C14H23N3O/c1-11(2)9-17-14(15-10-16-17)8-12-5-3-4-6-13(18)7-12/h10-12H,3-9H2,1-2H3. The Morgan fingerprint density at radius 3 is 3.06 bits per heavy atom. The molecule has 1 aromatic rings. The second-order valence-corrected chi connectivity index (χ2v) is 5.81. The van der Waals surface area contributed by atoms with Crippen molar-refractivity contribution in [2.75, 3.05) is 0 Å². The lowest BCUT2D eigenvalue weighted by atomic mass is 9.96. The summed E-state index contributed by atoms with van der Waals surface area (Å²) in [6.07, 6.45) is 7.43. The van der Waals surface area contributed by atoms with Crippen molar-refractivity contribution in [3.63, 3.8) is 0 Å². The maximum atomic E-state index is 11.6. The lowest BCUT2D eigenvalue weighted by Crippen LogP contribution is -2.15. The molecule has 1 aromatic heterocycles. The van der Waals surface area contributed by atoms with E-state index >= 15 is 0 Å². The van der Waals surface area contributed by atoms with E-state index in [-0.39, 0.29) is 0 Å². The first-order chi connectivity index (χ1) is 8.65. The molecule has 4 heteroatoms. The number of aromatic nitrogens is 3. The third-order valence-corrected chi connectivity index (χ3v) is 3.54. The molecule has 0 radical (unpaired) electrons. The average molecular weight is 249 g/mol. The van der Waals surface area contributed by atoms with Crippen LogP contribution in [0.5, 0.6) is 0 Å². The van der Waals surface area contributed by atoms with Gasteiger partial charge in [-0.25, -0.2) is 9.67 Å². The maximum Gasteiger partial charge on any atom is 0.138 e. The van der Waals surface area contributed by atoms with Crippen molar-refractivity contribution in [3.8, 4) is 0 Å².